The second-order valence-electron chi connectivity index (χ2n) is 3.98. The van der Waals surface area contributed by atoms with Crippen LogP contribution in [0.4, 0.5) is 4.39 Å². The van der Waals surface area contributed by atoms with Gasteiger partial charge in [0.15, 0.2) is 0 Å². The summed E-state index contributed by atoms with van der Waals surface area (Å²) in [5.41, 5.74) is 9.73. The fraction of sp³-hybridized carbons (Fsp3) is 0.143. The van der Waals surface area contributed by atoms with E-state index >= 15 is 0 Å². The smallest absolute Gasteiger partial charge is 0.141 e. The summed E-state index contributed by atoms with van der Waals surface area (Å²) < 4.78 is 13.1. The van der Waals surface area contributed by atoms with Crippen molar-refractivity contribution in [1.82, 2.24) is 0 Å². The molecule has 0 fully saturated rings. The first kappa shape index (κ1) is 12.1. The number of hydrogen-bond acceptors (Lipinski definition) is 1. The molecule has 0 atom stereocenters. The molecule has 0 aromatic heterocycles. The van der Waals surface area contributed by atoms with Crippen molar-refractivity contribution in [2.45, 2.75) is 13.5 Å². The molecule has 0 aliphatic rings. The number of hydrogen-bond donors (Lipinski definition) is 1. The predicted molar refractivity (Wildman–Crippen MR) is 69.5 cm³/mol. The van der Waals surface area contributed by atoms with Gasteiger partial charge in [-0.05, 0) is 41.3 Å². The van der Waals surface area contributed by atoms with Gasteiger partial charge in [0.1, 0.15) is 5.82 Å². The average Bonchev–Trinajstić information content (AvgIpc) is 2.32. The zero-order valence-corrected chi connectivity index (χ0v) is 10.3. The van der Waals surface area contributed by atoms with E-state index in [2.05, 4.69) is 0 Å². The standard InChI is InChI=1S/C14H13ClFN/c1-9-6-10(8-17)2-4-12(9)11-3-5-14(16)13(15)7-11/h2-7H,8,17H2,1H3. The number of rotatable bonds is 2. The quantitative estimate of drug-likeness (QED) is 0.858. The Kier molecular flexibility index (Phi) is 3.46. The molecule has 2 rings (SSSR count). The van der Waals surface area contributed by atoms with Crippen LogP contribution in [0.25, 0.3) is 11.1 Å². The van der Waals surface area contributed by atoms with Crippen molar-refractivity contribution in [1.29, 1.82) is 0 Å². The third-order valence-corrected chi connectivity index (χ3v) is 3.05. The normalized spacial score (nSPS) is 10.6. The number of halogens is 2. The van der Waals surface area contributed by atoms with Crippen molar-refractivity contribution in [3.05, 3.63) is 58.4 Å². The third kappa shape index (κ3) is 2.48. The maximum absolute atomic E-state index is 13.1. The van der Waals surface area contributed by atoms with Crippen molar-refractivity contribution in [3.63, 3.8) is 0 Å². The van der Waals surface area contributed by atoms with Crippen molar-refractivity contribution < 1.29 is 4.39 Å². The minimum atomic E-state index is -0.397. The number of benzene rings is 2. The monoisotopic (exact) mass is 249 g/mol. The van der Waals surface area contributed by atoms with Crippen molar-refractivity contribution in [3.8, 4) is 11.1 Å². The minimum Gasteiger partial charge on any atom is -0.326 e. The minimum absolute atomic E-state index is 0.143. The molecule has 0 aliphatic carbocycles. The Bertz CT molecular complexity index is 552. The summed E-state index contributed by atoms with van der Waals surface area (Å²) in [6.07, 6.45) is 0. The molecule has 88 valence electrons. The van der Waals surface area contributed by atoms with Gasteiger partial charge < -0.3 is 5.73 Å². The van der Waals surface area contributed by atoms with E-state index in [1.54, 1.807) is 12.1 Å². The fourth-order valence-corrected chi connectivity index (χ4v) is 2.02. The van der Waals surface area contributed by atoms with E-state index < -0.39 is 5.82 Å². The topological polar surface area (TPSA) is 26.0 Å². The second kappa shape index (κ2) is 4.86. The molecule has 0 unspecified atom stereocenters. The van der Waals surface area contributed by atoms with Gasteiger partial charge >= 0.3 is 0 Å². The maximum Gasteiger partial charge on any atom is 0.141 e. The van der Waals surface area contributed by atoms with E-state index in [4.69, 9.17) is 17.3 Å². The highest BCUT2D eigenvalue weighted by Gasteiger charge is 2.06. The molecular formula is C14H13ClFN. The SMILES string of the molecule is Cc1cc(CN)ccc1-c1ccc(F)c(Cl)c1. The Balaban J connectivity index is 2.49. The Morgan fingerprint density at radius 3 is 2.53 bits per heavy atom. The molecule has 0 radical (unpaired) electrons. The molecule has 0 amide bonds. The summed E-state index contributed by atoms with van der Waals surface area (Å²) in [5.74, 6) is -0.397. The predicted octanol–water partition coefficient (Wildman–Crippen LogP) is 3.91. The lowest BCUT2D eigenvalue weighted by atomic mass is 9.98. The van der Waals surface area contributed by atoms with Gasteiger partial charge in [0.2, 0.25) is 0 Å². The Morgan fingerprint density at radius 1 is 1.18 bits per heavy atom. The van der Waals surface area contributed by atoms with Gasteiger partial charge in [0.05, 0.1) is 5.02 Å². The molecule has 0 aliphatic heterocycles. The van der Waals surface area contributed by atoms with Crippen LogP contribution in [0.1, 0.15) is 11.1 Å². The molecule has 1 nitrogen and oxygen atoms in total. The zero-order chi connectivity index (χ0) is 12.4. The van der Waals surface area contributed by atoms with Gasteiger partial charge in [-0.1, -0.05) is 35.9 Å². The molecule has 0 heterocycles. The van der Waals surface area contributed by atoms with Crippen molar-refractivity contribution in [2.75, 3.05) is 0 Å². The van der Waals surface area contributed by atoms with E-state index in [1.807, 2.05) is 25.1 Å². The zero-order valence-electron chi connectivity index (χ0n) is 9.50. The summed E-state index contributed by atoms with van der Waals surface area (Å²) in [5, 5.41) is 0.143. The molecule has 2 aromatic carbocycles. The average molecular weight is 250 g/mol. The Hall–Kier alpha value is -1.38. The molecule has 0 saturated heterocycles. The Labute approximate surface area is 105 Å². The highest BCUT2D eigenvalue weighted by molar-refractivity contribution is 6.31. The summed E-state index contributed by atoms with van der Waals surface area (Å²) in [6.45, 7) is 2.52. The Morgan fingerprint density at radius 2 is 1.94 bits per heavy atom. The van der Waals surface area contributed by atoms with Crippen molar-refractivity contribution >= 4 is 11.6 Å². The van der Waals surface area contributed by atoms with Gasteiger partial charge in [0.25, 0.3) is 0 Å². The molecule has 0 bridgehead atoms. The summed E-state index contributed by atoms with van der Waals surface area (Å²) in [7, 11) is 0. The third-order valence-electron chi connectivity index (χ3n) is 2.76. The van der Waals surface area contributed by atoms with Crippen LogP contribution in [-0.4, -0.2) is 0 Å². The largest absolute Gasteiger partial charge is 0.326 e. The van der Waals surface area contributed by atoms with Crippen LogP contribution in [0.3, 0.4) is 0 Å². The van der Waals surface area contributed by atoms with Crippen LogP contribution in [-0.2, 0) is 6.54 Å². The van der Waals surface area contributed by atoms with Crippen LogP contribution in [0.2, 0.25) is 5.02 Å². The number of aryl methyl sites for hydroxylation is 1. The van der Waals surface area contributed by atoms with Crippen LogP contribution in [0.5, 0.6) is 0 Å². The highest BCUT2D eigenvalue weighted by Crippen LogP contribution is 2.27. The lowest BCUT2D eigenvalue weighted by Crippen LogP contribution is -1.97. The van der Waals surface area contributed by atoms with E-state index in [1.165, 1.54) is 6.07 Å². The van der Waals surface area contributed by atoms with Crippen LogP contribution < -0.4 is 5.73 Å². The summed E-state index contributed by atoms with van der Waals surface area (Å²) >= 11 is 5.78. The van der Waals surface area contributed by atoms with E-state index in [0.717, 1.165) is 22.3 Å². The highest BCUT2D eigenvalue weighted by atomic mass is 35.5. The first-order valence-corrected chi connectivity index (χ1v) is 5.74. The van der Waals surface area contributed by atoms with Crippen LogP contribution in [0, 0.1) is 12.7 Å². The first-order chi connectivity index (χ1) is 8.11. The second-order valence-corrected chi connectivity index (χ2v) is 4.39. The van der Waals surface area contributed by atoms with E-state index in [-0.39, 0.29) is 5.02 Å². The van der Waals surface area contributed by atoms with Crippen molar-refractivity contribution in [2.24, 2.45) is 5.73 Å². The lowest BCUT2D eigenvalue weighted by molar-refractivity contribution is 0.628. The molecule has 0 spiro atoms. The summed E-state index contributed by atoms with van der Waals surface area (Å²) in [4.78, 5) is 0. The molecule has 17 heavy (non-hydrogen) atoms. The van der Waals surface area contributed by atoms with Crippen LogP contribution in [0.15, 0.2) is 36.4 Å². The van der Waals surface area contributed by atoms with Gasteiger partial charge in [-0.3, -0.25) is 0 Å². The van der Waals surface area contributed by atoms with E-state index in [0.29, 0.717) is 6.54 Å². The first-order valence-electron chi connectivity index (χ1n) is 5.37. The number of nitrogens with two attached hydrogens (primary N) is 1. The van der Waals surface area contributed by atoms with Gasteiger partial charge in [-0.15, -0.1) is 0 Å². The van der Waals surface area contributed by atoms with Gasteiger partial charge in [-0.25, -0.2) is 4.39 Å². The molecular weight excluding hydrogens is 237 g/mol. The van der Waals surface area contributed by atoms with Gasteiger partial charge in [-0.2, -0.15) is 0 Å². The maximum atomic E-state index is 13.1. The van der Waals surface area contributed by atoms with Crippen LogP contribution >= 0.6 is 11.6 Å². The van der Waals surface area contributed by atoms with Gasteiger partial charge in [0, 0.05) is 6.54 Å². The fourth-order valence-electron chi connectivity index (χ4n) is 1.84. The molecule has 0 saturated carbocycles. The molecule has 3 heteroatoms. The van der Waals surface area contributed by atoms with E-state index in [9.17, 15) is 4.39 Å². The molecule has 2 aromatic rings. The molecule has 2 N–H and O–H groups in total. The summed E-state index contributed by atoms with van der Waals surface area (Å²) in [6, 6.07) is 10.7. The lowest BCUT2D eigenvalue weighted by Gasteiger charge is -2.08.